The monoisotopic (exact) mass is 210 g/mol. The maximum atomic E-state index is 9.42. The Morgan fingerprint density at radius 1 is 1.20 bits per heavy atom. The summed E-state index contributed by atoms with van der Waals surface area (Å²) in [6.07, 6.45) is 9.44. The van der Waals surface area contributed by atoms with Gasteiger partial charge in [-0.3, -0.25) is 0 Å². The fourth-order valence-corrected chi connectivity index (χ4v) is 1.39. The molecular weight excluding hydrogens is 184 g/mol. The Labute approximate surface area is 94.9 Å². The van der Waals surface area contributed by atoms with Crippen molar-refractivity contribution >= 4 is 0 Å². The molecule has 0 aromatic carbocycles. The quantitative estimate of drug-likeness (QED) is 0.623. The Hall–Kier alpha value is -0.560. The molecule has 0 aliphatic rings. The van der Waals surface area contributed by atoms with Crippen LogP contribution in [0.2, 0.25) is 0 Å². The van der Waals surface area contributed by atoms with E-state index in [1.807, 2.05) is 6.92 Å². The van der Waals surface area contributed by atoms with Crippen molar-refractivity contribution in [3.63, 3.8) is 0 Å². The van der Waals surface area contributed by atoms with Crippen molar-refractivity contribution in [1.29, 1.82) is 0 Å². The molecule has 1 nitrogen and oxygen atoms in total. The predicted molar refractivity (Wildman–Crippen MR) is 68.0 cm³/mol. The maximum Gasteiger partial charge on any atom is 0.0540 e. The van der Waals surface area contributed by atoms with E-state index in [-0.39, 0.29) is 6.10 Å². The summed E-state index contributed by atoms with van der Waals surface area (Å²) in [7, 11) is 0. The van der Waals surface area contributed by atoms with Crippen molar-refractivity contribution in [3.05, 3.63) is 23.3 Å². The van der Waals surface area contributed by atoms with E-state index in [9.17, 15) is 5.11 Å². The summed E-state index contributed by atoms with van der Waals surface area (Å²) >= 11 is 0. The molecule has 1 heteroatoms. The highest BCUT2D eigenvalue weighted by Crippen LogP contribution is 2.12. The van der Waals surface area contributed by atoms with Crippen LogP contribution in [-0.4, -0.2) is 11.2 Å². The molecule has 0 aliphatic heterocycles. The van der Waals surface area contributed by atoms with Gasteiger partial charge >= 0.3 is 0 Å². The van der Waals surface area contributed by atoms with Crippen molar-refractivity contribution in [3.8, 4) is 0 Å². The molecule has 1 N–H and O–H groups in total. The van der Waals surface area contributed by atoms with Crippen LogP contribution in [0.25, 0.3) is 0 Å². The number of aliphatic hydroxyl groups is 1. The lowest BCUT2D eigenvalue weighted by atomic mass is 10.0. The van der Waals surface area contributed by atoms with Gasteiger partial charge < -0.3 is 5.11 Å². The molecule has 15 heavy (non-hydrogen) atoms. The highest BCUT2D eigenvalue weighted by atomic mass is 16.3. The Morgan fingerprint density at radius 2 is 1.87 bits per heavy atom. The SMILES string of the molecule is C/C=C(\C)CC/C=C(\C)CC[C@@H](O)CC. The fraction of sp³-hybridized carbons (Fsp3) is 0.714. The van der Waals surface area contributed by atoms with Gasteiger partial charge in [0.15, 0.2) is 0 Å². The molecule has 0 aromatic heterocycles. The van der Waals surface area contributed by atoms with Gasteiger partial charge in [0.05, 0.1) is 6.10 Å². The van der Waals surface area contributed by atoms with E-state index < -0.39 is 0 Å². The lowest BCUT2D eigenvalue weighted by Gasteiger charge is -2.07. The van der Waals surface area contributed by atoms with Gasteiger partial charge in [-0.2, -0.15) is 0 Å². The first-order valence-corrected chi connectivity index (χ1v) is 6.05. The standard InChI is InChI=1S/C14H26O/c1-5-12(3)8-7-9-13(4)10-11-14(15)6-2/h5,9,14-15H,6-8,10-11H2,1-4H3/b12-5+,13-9+/t14-/m0/s1. The topological polar surface area (TPSA) is 20.2 Å². The average Bonchev–Trinajstić information content (AvgIpc) is 2.25. The van der Waals surface area contributed by atoms with E-state index in [1.54, 1.807) is 0 Å². The largest absolute Gasteiger partial charge is 0.393 e. The van der Waals surface area contributed by atoms with Crippen LogP contribution >= 0.6 is 0 Å². The molecule has 0 aliphatic carbocycles. The molecule has 0 bridgehead atoms. The highest BCUT2D eigenvalue weighted by molar-refractivity contribution is 5.02. The van der Waals surface area contributed by atoms with Gasteiger partial charge in [0, 0.05) is 0 Å². The average molecular weight is 210 g/mol. The molecule has 0 spiro atoms. The third kappa shape index (κ3) is 8.44. The van der Waals surface area contributed by atoms with Crippen LogP contribution in [0.1, 0.15) is 59.8 Å². The number of rotatable bonds is 7. The lowest BCUT2D eigenvalue weighted by Crippen LogP contribution is -2.03. The molecular formula is C14H26O. The third-order valence-corrected chi connectivity index (χ3v) is 2.87. The van der Waals surface area contributed by atoms with Crippen molar-refractivity contribution < 1.29 is 5.11 Å². The number of aliphatic hydroxyl groups excluding tert-OH is 1. The molecule has 0 saturated carbocycles. The summed E-state index contributed by atoms with van der Waals surface area (Å²) in [5.41, 5.74) is 2.86. The first kappa shape index (κ1) is 14.4. The zero-order valence-corrected chi connectivity index (χ0v) is 10.7. The zero-order valence-electron chi connectivity index (χ0n) is 10.7. The van der Waals surface area contributed by atoms with Gasteiger partial charge in [-0.05, 0) is 52.9 Å². The molecule has 88 valence electrons. The van der Waals surface area contributed by atoms with Gasteiger partial charge in [-0.25, -0.2) is 0 Å². The van der Waals surface area contributed by atoms with Crippen LogP contribution in [0.5, 0.6) is 0 Å². The van der Waals surface area contributed by atoms with Crippen LogP contribution < -0.4 is 0 Å². The normalized spacial score (nSPS) is 15.5. The van der Waals surface area contributed by atoms with E-state index in [0.29, 0.717) is 0 Å². The van der Waals surface area contributed by atoms with E-state index >= 15 is 0 Å². The Kier molecular flexibility index (Phi) is 8.40. The predicted octanol–water partition coefficient (Wildman–Crippen LogP) is 4.23. The van der Waals surface area contributed by atoms with E-state index in [4.69, 9.17) is 0 Å². The van der Waals surface area contributed by atoms with Crippen LogP contribution in [0, 0.1) is 0 Å². The molecule has 0 unspecified atom stereocenters. The van der Waals surface area contributed by atoms with Gasteiger partial charge in [0.1, 0.15) is 0 Å². The Balaban J connectivity index is 3.70. The third-order valence-electron chi connectivity index (χ3n) is 2.87. The van der Waals surface area contributed by atoms with Crippen molar-refractivity contribution in [2.24, 2.45) is 0 Å². The molecule has 1 atom stereocenters. The zero-order chi connectivity index (χ0) is 11.7. The molecule has 0 amide bonds. The summed E-state index contributed by atoms with van der Waals surface area (Å²) in [4.78, 5) is 0. The smallest absolute Gasteiger partial charge is 0.0540 e. The Bertz CT molecular complexity index is 213. The summed E-state index contributed by atoms with van der Waals surface area (Å²) in [5.74, 6) is 0. The molecule has 0 radical (unpaired) electrons. The summed E-state index contributed by atoms with van der Waals surface area (Å²) in [6, 6.07) is 0. The molecule has 0 fully saturated rings. The van der Waals surface area contributed by atoms with Gasteiger partial charge in [-0.1, -0.05) is 30.2 Å². The van der Waals surface area contributed by atoms with Crippen LogP contribution in [-0.2, 0) is 0 Å². The first-order chi connectivity index (χ1) is 7.10. The number of allylic oxidation sites excluding steroid dienone is 4. The van der Waals surface area contributed by atoms with Crippen molar-refractivity contribution in [2.45, 2.75) is 65.9 Å². The summed E-state index contributed by atoms with van der Waals surface area (Å²) in [6.45, 7) is 8.44. The lowest BCUT2D eigenvalue weighted by molar-refractivity contribution is 0.160. The molecule has 0 aromatic rings. The van der Waals surface area contributed by atoms with Gasteiger partial charge in [0.25, 0.3) is 0 Å². The minimum Gasteiger partial charge on any atom is -0.393 e. The molecule has 0 saturated heterocycles. The minimum absolute atomic E-state index is 0.120. The van der Waals surface area contributed by atoms with Crippen LogP contribution in [0.4, 0.5) is 0 Å². The minimum atomic E-state index is -0.120. The second-order valence-corrected chi connectivity index (χ2v) is 4.32. The van der Waals surface area contributed by atoms with Gasteiger partial charge in [0.2, 0.25) is 0 Å². The molecule has 0 rings (SSSR count). The highest BCUT2D eigenvalue weighted by Gasteiger charge is 2.00. The van der Waals surface area contributed by atoms with Crippen molar-refractivity contribution in [1.82, 2.24) is 0 Å². The second kappa shape index (κ2) is 8.72. The Morgan fingerprint density at radius 3 is 2.40 bits per heavy atom. The van der Waals surface area contributed by atoms with Crippen molar-refractivity contribution in [2.75, 3.05) is 0 Å². The number of hydrogen-bond donors (Lipinski definition) is 1. The second-order valence-electron chi connectivity index (χ2n) is 4.32. The van der Waals surface area contributed by atoms with E-state index in [0.717, 1.165) is 32.1 Å². The summed E-state index contributed by atoms with van der Waals surface area (Å²) in [5, 5.41) is 9.42. The maximum absolute atomic E-state index is 9.42. The summed E-state index contributed by atoms with van der Waals surface area (Å²) < 4.78 is 0. The fourth-order valence-electron chi connectivity index (χ4n) is 1.39. The van der Waals surface area contributed by atoms with Crippen LogP contribution in [0.3, 0.4) is 0 Å². The van der Waals surface area contributed by atoms with Gasteiger partial charge in [-0.15, -0.1) is 0 Å². The van der Waals surface area contributed by atoms with E-state index in [1.165, 1.54) is 11.1 Å². The molecule has 0 heterocycles. The van der Waals surface area contributed by atoms with Crippen LogP contribution in [0.15, 0.2) is 23.3 Å². The first-order valence-electron chi connectivity index (χ1n) is 6.05. The van der Waals surface area contributed by atoms with E-state index in [2.05, 4.69) is 32.9 Å². The number of hydrogen-bond acceptors (Lipinski definition) is 1.